The zero-order valence-electron chi connectivity index (χ0n) is 14.1. The molecular formula is C11H8F18O2. The second-order valence-corrected chi connectivity index (χ2v) is 4.96. The summed E-state index contributed by atoms with van der Waals surface area (Å²) in [6, 6.07) is 0. The molecule has 0 aromatic rings. The van der Waals surface area contributed by atoms with Crippen LogP contribution in [-0.4, -0.2) is 62.0 Å². The number of rotatable bonds is 7. The molecule has 0 radical (unpaired) electrons. The highest BCUT2D eigenvalue weighted by atomic mass is 19.4. The summed E-state index contributed by atoms with van der Waals surface area (Å²) < 4.78 is 218. The van der Waals surface area contributed by atoms with Crippen molar-refractivity contribution in [3.05, 3.63) is 0 Å². The Hall–Kier alpha value is -1.34. The Bertz CT molecular complexity index is 530. The van der Waals surface area contributed by atoms with Gasteiger partial charge in [0.05, 0.1) is 6.61 Å². The summed E-state index contributed by atoms with van der Waals surface area (Å²) in [7, 11) is 0. The molecule has 0 rings (SSSR count). The van der Waals surface area contributed by atoms with Crippen LogP contribution in [0.4, 0.5) is 79.0 Å². The Morgan fingerprint density at radius 2 is 0.935 bits per heavy atom. The third-order valence-electron chi connectivity index (χ3n) is 2.75. The minimum absolute atomic E-state index is 0.732. The molecule has 0 aromatic heterocycles. The van der Waals surface area contributed by atoms with Crippen molar-refractivity contribution in [1.82, 2.24) is 0 Å². The maximum absolute atomic E-state index is 12.5. The standard InChI is InChI=1S/C6H5F9O.C5H3F9O/c1-2-16-6(14,15)4(9,10)3(7,8)5(11,12)13;6-2(7)15-1-3(8,4(9,10)11)5(12,13)14/h2H2,1H3;2H,1H2. The van der Waals surface area contributed by atoms with E-state index in [0.717, 1.165) is 6.92 Å². The van der Waals surface area contributed by atoms with Gasteiger partial charge in [-0.2, -0.15) is 74.6 Å². The molecule has 0 fully saturated rings. The molecule has 0 aliphatic heterocycles. The highest BCUT2D eigenvalue weighted by Gasteiger charge is 2.82. The number of hydrogen-bond donors (Lipinski definition) is 0. The van der Waals surface area contributed by atoms with Gasteiger partial charge < -0.3 is 9.47 Å². The molecule has 0 aliphatic rings. The van der Waals surface area contributed by atoms with E-state index in [2.05, 4.69) is 9.47 Å². The molecule has 0 aliphatic carbocycles. The highest BCUT2D eigenvalue weighted by Crippen LogP contribution is 2.53. The average molecular weight is 514 g/mol. The highest BCUT2D eigenvalue weighted by molar-refractivity contribution is 4.96. The quantitative estimate of drug-likeness (QED) is 0.361. The Kier molecular flexibility index (Phi) is 9.92. The molecule has 0 amide bonds. The van der Waals surface area contributed by atoms with Gasteiger partial charge in [0.25, 0.3) is 0 Å². The van der Waals surface area contributed by atoms with Crippen molar-refractivity contribution in [3.63, 3.8) is 0 Å². The van der Waals surface area contributed by atoms with Crippen LogP contribution < -0.4 is 0 Å². The molecule has 0 saturated heterocycles. The van der Waals surface area contributed by atoms with Gasteiger partial charge in [-0.05, 0) is 6.92 Å². The fraction of sp³-hybridized carbons (Fsp3) is 1.00. The van der Waals surface area contributed by atoms with Crippen LogP contribution in [0, 0.1) is 0 Å². The smallest absolute Gasteiger partial charge is 0.319 e. The van der Waals surface area contributed by atoms with Gasteiger partial charge in [-0.1, -0.05) is 0 Å². The van der Waals surface area contributed by atoms with Gasteiger partial charge in [0.15, 0.2) is 0 Å². The molecule has 0 aromatic carbocycles. The van der Waals surface area contributed by atoms with E-state index < -0.39 is 62.0 Å². The molecule has 20 heteroatoms. The largest absolute Gasteiger partial charge is 0.460 e. The van der Waals surface area contributed by atoms with Crippen LogP contribution >= 0.6 is 0 Å². The summed E-state index contributed by atoms with van der Waals surface area (Å²) in [6.45, 7) is -7.19. The Labute approximate surface area is 159 Å². The van der Waals surface area contributed by atoms with Crippen molar-refractivity contribution in [1.29, 1.82) is 0 Å². The predicted octanol–water partition coefficient (Wildman–Crippen LogP) is 6.51. The lowest BCUT2D eigenvalue weighted by molar-refractivity contribution is -0.443. The monoisotopic (exact) mass is 514 g/mol. The van der Waals surface area contributed by atoms with Crippen molar-refractivity contribution in [2.45, 2.75) is 55.7 Å². The second kappa shape index (κ2) is 9.65. The van der Waals surface area contributed by atoms with Crippen molar-refractivity contribution in [2.24, 2.45) is 0 Å². The first-order valence-corrected chi connectivity index (χ1v) is 6.79. The van der Waals surface area contributed by atoms with Crippen molar-refractivity contribution < 1.29 is 88.5 Å². The van der Waals surface area contributed by atoms with Crippen LogP contribution in [0.15, 0.2) is 0 Å². The summed E-state index contributed by atoms with van der Waals surface area (Å²) in [5, 5.41) is 0. The minimum atomic E-state index is -6.89. The first-order chi connectivity index (χ1) is 13.2. The fourth-order valence-electron chi connectivity index (χ4n) is 1.13. The molecular weight excluding hydrogens is 506 g/mol. The second-order valence-electron chi connectivity index (χ2n) is 4.96. The van der Waals surface area contributed by atoms with Crippen LogP contribution in [0.25, 0.3) is 0 Å². The molecule has 190 valence electrons. The van der Waals surface area contributed by atoms with Gasteiger partial charge in [-0.15, -0.1) is 0 Å². The van der Waals surface area contributed by atoms with Gasteiger partial charge in [0.2, 0.25) is 0 Å². The molecule has 0 spiro atoms. The molecule has 31 heavy (non-hydrogen) atoms. The van der Waals surface area contributed by atoms with E-state index in [4.69, 9.17) is 0 Å². The van der Waals surface area contributed by atoms with Crippen molar-refractivity contribution in [3.8, 4) is 0 Å². The van der Waals surface area contributed by atoms with E-state index >= 15 is 0 Å². The Morgan fingerprint density at radius 1 is 0.581 bits per heavy atom. The topological polar surface area (TPSA) is 18.5 Å². The first-order valence-electron chi connectivity index (χ1n) is 6.79. The average Bonchev–Trinajstić information content (AvgIpc) is 2.49. The van der Waals surface area contributed by atoms with E-state index in [0.29, 0.717) is 0 Å². The molecule has 0 N–H and O–H groups in total. The van der Waals surface area contributed by atoms with E-state index in [1.165, 1.54) is 0 Å². The lowest BCUT2D eigenvalue weighted by Gasteiger charge is -2.32. The third kappa shape index (κ3) is 7.07. The van der Waals surface area contributed by atoms with Gasteiger partial charge in [-0.25, -0.2) is 4.39 Å². The lowest BCUT2D eigenvalue weighted by Crippen LogP contribution is -2.61. The van der Waals surface area contributed by atoms with E-state index in [1.807, 2.05) is 0 Å². The van der Waals surface area contributed by atoms with Crippen LogP contribution in [0.2, 0.25) is 0 Å². The molecule has 0 atom stereocenters. The summed E-state index contributed by atoms with van der Waals surface area (Å²) in [6.07, 6.45) is -25.5. The molecule has 0 saturated carbocycles. The van der Waals surface area contributed by atoms with Crippen LogP contribution in [-0.2, 0) is 9.47 Å². The minimum Gasteiger partial charge on any atom is -0.319 e. The number of ether oxygens (including phenoxy) is 2. The zero-order chi connectivity index (χ0) is 25.9. The number of alkyl halides is 18. The number of halogens is 18. The maximum Gasteiger partial charge on any atom is 0.460 e. The fourth-order valence-corrected chi connectivity index (χ4v) is 1.13. The van der Waals surface area contributed by atoms with E-state index in [1.54, 1.807) is 0 Å². The third-order valence-corrected chi connectivity index (χ3v) is 2.75. The van der Waals surface area contributed by atoms with E-state index in [9.17, 15) is 79.0 Å². The number of hydrogen-bond acceptors (Lipinski definition) is 2. The molecule has 2 nitrogen and oxygen atoms in total. The van der Waals surface area contributed by atoms with Crippen LogP contribution in [0.3, 0.4) is 0 Å². The maximum atomic E-state index is 12.5. The molecule has 0 bridgehead atoms. The van der Waals surface area contributed by atoms with Gasteiger partial charge in [-0.3, -0.25) is 0 Å². The Morgan fingerprint density at radius 3 is 1.16 bits per heavy atom. The zero-order valence-corrected chi connectivity index (χ0v) is 14.1. The normalized spacial score (nSPS) is 15.1. The van der Waals surface area contributed by atoms with Gasteiger partial charge >= 0.3 is 48.8 Å². The molecule has 0 unspecified atom stereocenters. The summed E-state index contributed by atoms with van der Waals surface area (Å²) in [4.78, 5) is 0. The van der Waals surface area contributed by atoms with Gasteiger partial charge in [0.1, 0.15) is 6.61 Å². The predicted molar refractivity (Wildman–Crippen MR) is 60.4 cm³/mol. The van der Waals surface area contributed by atoms with Crippen molar-refractivity contribution in [2.75, 3.05) is 13.2 Å². The first kappa shape index (κ1) is 31.8. The van der Waals surface area contributed by atoms with Crippen molar-refractivity contribution >= 4 is 0 Å². The lowest BCUT2D eigenvalue weighted by atomic mass is 10.1. The Balaban J connectivity index is 0. The van der Waals surface area contributed by atoms with E-state index in [-0.39, 0.29) is 0 Å². The van der Waals surface area contributed by atoms with Crippen LogP contribution in [0.5, 0.6) is 0 Å². The summed E-state index contributed by atoms with van der Waals surface area (Å²) in [5.41, 5.74) is -5.80. The SMILES string of the molecule is CCOC(F)(F)C(F)(F)C(F)(F)C(F)(F)F.FC(F)OCC(F)(C(F)(F)F)C(F)(F)F. The molecule has 0 heterocycles. The summed E-state index contributed by atoms with van der Waals surface area (Å²) >= 11 is 0. The summed E-state index contributed by atoms with van der Waals surface area (Å²) in [5.74, 6) is -13.6. The van der Waals surface area contributed by atoms with Gasteiger partial charge in [0, 0.05) is 0 Å². The van der Waals surface area contributed by atoms with Crippen LogP contribution in [0.1, 0.15) is 6.92 Å².